The van der Waals surface area contributed by atoms with Crippen LogP contribution in [0.1, 0.15) is 23.2 Å². The van der Waals surface area contributed by atoms with E-state index in [1.54, 1.807) is 0 Å². The fourth-order valence-corrected chi connectivity index (χ4v) is 2.56. The smallest absolute Gasteiger partial charge is 0.251 e. The van der Waals surface area contributed by atoms with Gasteiger partial charge < -0.3 is 10.1 Å². The van der Waals surface area contributed by atoms with Crippen LogP contribution in [0.5, 0.6) is 0 Å². The highest BCUT2D eigenvalue weighted by molar-refractivity contribution is 5.94. The molecule has 0 aliphatic carbocycles. The van der Waals surface area contributed by atoms with Gasteiger partial charge in [0.1, 0.15) is 0 Å². The largest absolute Gasteiger partial charge is 0.376 e. The summed E-state index contributed by atoms with van der Waals surface area (Å²) in [6, 6.07) is 17.8. The van der Waals surface area contributed by atoms with Crippen molar-refractivity contribution in [3.05, 3.63) is 60.2 Å². The van der Waals surface area contributed by atoms with E-state index < -0.39 is 0 Å². The molecule has 1 N–H and O–H groups in total. The third-order valence-corrected chi connectivity index (χ3v) is 3.77. The predicted molar refractivity (Wildman–Crippen MR) is 83.2 cm³/mol. The molecule has 0 aromatic heterocycles. The van der Waals surface area contributed by atoms with Gasteiger partial charge in [-0.2, -0.15) is 0 Å². The Labute approximate surface area is 124 Å². The highest BCUT2D eigenvalue weighted by Crippen LogP contribution is 2.19. The number of carbonyl (C=O) groups excluding carboxylic acids is 1. The van der Waals surface area contributed by atoms with Gasteiger partial charge in [-0.25, -0.2) is 0 Å². The maximum Gasteiger partial charge on any atom is 0.251 e. The molecule has 1 atom stereocenters. The number of ether oxygens (including phenoxy) is 1. The van der Waals surface area contributed by atoms with E-state index in [2.05, 4.69) is 17.4 Å². The first-order chi connectivity index (χ1) is 10.3. The molecule has 1 fully saturated rings. The second kappa shape index (κ2) is 6.55. The van der Waals surface area contributed by atoms with E-state index in [9.17, 15) is 4.79 Å². The minimum Gasteiger partial charge on any atom is -0.376 e. The van der Waals surface area contributed by atoms with Crippen molar-refractivity contribution in [2.75, 3.05) is 13.2 Å². The Bertz CT molecular complexity index is 586. The number of carbonyl (C=O) groups is 1. The summed E-state index contributed by atoms with van der Waals surface area (Å²) in [6.07, 6.45) is 2.30. The first-order valence-electron chi connectivity index (χ1n) is 7.38. The Morgan fingerprint density at radius 3 is 2.43 bits per heavy atom. The summed E-state index contributed by atoms with van der Waals surface area (Å²) in [5.74, 6) is -0.0369. The number of benzene rings is 2. The molecule has 2 aromatic carbocycles. The quantitative estimate of drug-likeness (QED) is 0.934. The third kappa shape index (κ3) is 3.50. The van der Waals surface area contributed by atoms with Crippen LogP contribution in [-0.4, -0.2) is 25.2 Å². The first kappa shape index (κ1) is 13.8. The van der Waals surface area contributed by atoms with E-state index >= 15 is 0 Å². The van der Waals surface area contributed by atoms with Crippen molar-refractivity contribution in [1.29, 1.82) is 0 Å². The lowest BCUT2D eigenvalue weighted by atomic mass is 10.0. The Kier molecular flexibility index (Phi) is 4.31. The van der Waals surface area contributed by atoms with Crippen molar-refractivity contribution in [2.45, 2.75) is 18.9 Å². The molecule has 1 heterocycles. The number of nitrogens with one attached hydrogen (secondary N) is 1. The van der Waals surface area contributed by atoms with Crippen molar-refractivity contribution >= 4 is 5.91 Å². The molecule has 2 aromatic rings. The number of hydrogen-bond acceptors (Lipinski definition) is 2. The molecule has 1 aliphatic heterocycles. The predicted octanol–water partition coefficient (Wildman–Crippen LogP) is 3.26. The zero-order valence-electron chi connectivity index (χ0n) is 11.9. The van der Waals surface area contributed by atoms with E-state index in [4.69, 9.17) is 4.74 Å². The van der Waals surface area contributed by atoms with Gasteiger partial charge in [0.25, 0.3) is 5.91 Å². The van der Waals surface area contributed by atoms with Crippen LogP contribution < -0.4 is 5.32 Å². The van der Waals surface area contributed by atoms with Gasteiger partial charge >= 0.3 is 0 Å². The fraction of sp³-hybridized carbons (Fsp3) is 0.278. The second-order valence-electron chi connectivity index (χ2n) is 5.29. The van der Waals surface area contributed by atoms with E-state index in [0.717, 1.165) is 30.6 Å². The maximum atomic E-state index is 12.1. The van der Waals surface area contributed by atoms with Crippen LogP contribution in [0.2, 0.25) is 0 Å². The Hall–Kier alpha value is -2.13. The van der Waals surface area contributed by atoms with Crippen molar-refractivity contribution < 1.29 is 9.53 Å². The zero-order chi connectivity index (χ0) is 14.5. The van der Waals surface area contributed by atoms with Crippen LogP contribution >= 0.6 is 0 Å². The van der Waals surface area contributed by atoms with Crippen LogP contribution in [0.25, 0.3) is 11.1 Å². The van der Waals surface area contributed by atoms with Crippen LogP contribution in [0.15, 0.2) is 54.6 Å². The van der Waals surface area contributed by atoms with Crippen LogP contribution in [0.4, 0.5) is 0 Å². The summed E-state index contributed by atoms with van der Waals surface area (Å²) in [5.41, 5.74) is 2.96. The molecule has 0 bridgehead atoms. The van der Waals surface area contributed by atoms with Crippen LogP contribution in [-0.2, 0) is 4.74 Å². The minimum atomic E-state index is -0.0369. The van der Waals surface area contributed by atoms with Gasteiger partial charge in [-0.15, -0.1) is 0 Å². The van der Waals surface area contributed by atoms with Crippen molar-refractivity contribution in [2.24, 2.45) is 0 Å². The molecule has 108 valence electrons. The van der Waals surface area contributed by atoms with Crippen LogP contribution in [0.3, 0.4) is 0 Å². The Morgan fingerprint density at radius 1 is 1.05 bits per heavy atom. The van der Waals surface area contributed by atoms with Gasteiger partial charge in [0, 0.05) is 18.7 Å². The summed E-state index contributed by atoms with van der Waals surface area (Å²) in [7, 11) is 0. The highest BCUT2D eigenvalue weighted by atomic mass is 16.5. The molecule has 3 rings (SSSR count). The number of amides is 1. The van der Waals surface area contributed by atoms with E-state index in [0.29, 0.717) is 12.1 Å². The van der Waals surface area contributed by atoms with Gasteiger partial charge in [0.15, 0.2) is 0 Å². The van der Waals surface area contributed by atoms with E-state index in [1.165, 1.54) is 0 Å². The SMILES string of the molecule is O=C(NC[C@H]1CCCO1)c1ccc(-c2ccccc2)cc1. The normalized spacial score (nSPS) is 17.6. The molecule has 1 saturated heterocycles. The first-order valence-corrected chi connectivity index (χ1v) is 7.38. The molecule has 21 heavy (non-hydrogen) atoms. The van der Waals surface area contributed by atoms with Gasteiger partial charge in [-0.1, -0.05) is 42.5 Å². The molecular weight excluding hydrogens is 262 g/mol. The topological polar surface area (TPSA) is 38.3 Å². The van der Waals surface area contributed by atoms with Crippen LogP contribution in [0, 0.1) is 0 Å². The van der Waals surface area contributed by atoms with E-state index in [-0.39, 0.29) is 12.0 Å². The highest BCUT2D eigenvalue weighted by Gasteiger charge is 2.16. The number of hydrogen-bond donors (Lipinski definition) is 1. The van der Waals surface area contributed by atoms with Gasteiger partial charge in [0.2, 0.25) is 0 Å². The molecule has 1 amide bonds. The summed E-state index contributed by atoms with van der Waals surface area (Å²) in [4.78, 5) is 12.1. The van der Waals surface area contributed by atoms with Crippen molar-refractivity contribution in [3.8, 4) is 11.1 Å². The second-order valence-corrected chi connectivity index (χ2v) is 5.29. The lowest BCUT2D eigenvalue weighted by Gasteiger charge is -2.11. The molecule has 1 aliphatic rings. The lowest BCUT2D eigenvalue weighted by molar-refractivity contribution is 0.0858. The zero-order valence-corrected chi connectivity index (χ0v) is 11.9. The summed E-state index contributed by atoms with van der Waals surface area (Å²) < 4.78 is 5.50. The van der Waals surface area contributed by atoms with Gasteiger partial charge in [0.05, 0.1) is 6.10 Å². The van der Waals surface area contributed by atoms with Gasteiger partial charge in [-0.3, -0.25) is 4.79 Å². The van der Waals surface area contributed by atoms with Gasteiger partial charge in [-0.05, 0) is 36.1 Å². The lowest BCUT2D eigenvalue weighted by Crippen LogP contribution is -2.31. The molecule has 3 heteroatoms. The maximum absolute atomic E-state index is 12.1. The van der Waals surface area contributed by atoms with Crippen molar-refractivity contribution in [3.63, 3.8) is 0 Å². The average molecular weight is 281 g/mol. The molecule has 0 saturated carbocycles. The minimum absolute atomic E-state index is 0.0369. The van der Waals surface area contributed by atoms with Crippen molar-refractivity contribution in [1.82, 2.24) is 5.32 Å². The molecule has 0 spiro atoms. The standard InChI is InChI=1S/C18H19NO2/c20-18(19-13-17-7-4-12-21-17)16-10-8-15(9-11-16)14-5-2-1-3-6-14/h1-3,5-6,8-11,17H,4,7,12-13H2,(H,19,20)/t17-/m1/s1. The third-order valence-electron chi connectivity index (χ3n) is 3.77. The summed E-state index contributed by atoms with van der Waals surface area (Å²) in [6.45, 7) is 1.41. The Morgan fingerprint density at radius 2 is 1.76 bits per heavy atom. The molecule has 0 unspecified atom stereocenters. The monoisotopic (exact) mass is 281 g/mol. The molecule has 3 nitrogen and oxygen atoms in total. The molecular formula is C18H19NO2. The Balaban J connectivity index is 1.62. The fourth-order valence-electron chi connectivity index (χ4n) is 2.56. The van der Waals surface area contributed by atoms with E-state index in [1.807, 2.05) is 42.5 Å². The summed E-state index contributed by atoms with van der Waals surface area (Å²) >= 11 is 0. The molecule has 0 radical (unpaired) electrons. The number of rotatable bonds is 4. The average Bonchev–Trinajstić information content (AvgIpc) is 3.07. The summed E-state index contributed by atoms with van der Waals surface area (Å²) in [5, 5.41) is 2.94.